The molecule has 7 heterocycles. The molecule has 0 amide bonds. The summed E-state index contributed by atoms with van der Waals surface area (Å²) < 4.78 is 11.2. The number of rotatable bonds is 2. The summed E-state index contributed by atoms with van der Waals surface area (Å²) in [4.78, 5) is 17.7. The second-order valence-corrected chi connectivity index (χ2v) is 8.66. The molecule has 0 spiro atoms. The van der Waals surface area contributed by atoms with Gasteiger partial charge in [0.15, 0.2) is 11.5 Å². The summed E-state index contributed by atoms with van der Waals surface area (Å²) in [6.07, 6.45) is 6.22. The number of nitrogens with one attached hydrogen (secondary N) is 1. The van der Waals surface area contributed by atoms with Crippen LogP contribution in [0.3, 0.4) is 0 Å². The number of nitrogens with zero attached hydrogens (tertiary/aromatic N) is 4. The monoisotopic (exact) mass is 389 g/mol. The summed E-state index contributed by atoms with van der Waals surface area (Å²) in [5, 5.41) is 1.12. The SMILES string of the molecule is c1nc(N2C[C@@H](c3ccc4c(c3)OCO4)[C@@H]3[C@H]2C2CCN3CC2)c2cc[nH]c2n1. The quantitative estimate of drug-likeness (QED) is 0.727. The van der Waals surface area contributed by atoms with Crippen LogP contribution in [0.4, 0.5) is 5.82 Å². The minimum Gasteiger partial charge on any atom is -0.454 e. The van der Waals surface area contributed by atoms with Crippen molar-refractivity contribution < 1.29 is 9.47 Å². The normalized spacial score (nSPS) is 32.1. The lowest BCUT2D eigenvalue weighted by Gasteiger charge is -2.51. The number of aromatic amines is 1. The fourth-order valence-corrected chi connectivity index (χ4v) is 6.19. The van der Waals surface area contributed by atoms with Gasteiger partial charge in [-0.1, -0.05) is 6.07 Å². The third kappa shape index (κ3) is 2.22. The standard InChI is InChI=1S/C22H23N5O2/c1-2-17-18(29-12-28-17)9-14(1)16-10-27(19-13-4-7-26(8-5-13)20(16)19)22-15-3-6-23-21(15)24-11-25-22/h1-3,6,9,11,13,16,19-20H,4-5,7-8,10,12H2,(H,23,24,25)/t16-,19+,20+/m0/s1. The molecule has 7 nitrogen and oxygen atoms in total. The summed E-state index contributed by atoms with van der Waals surface area (Å²) in [5.41, 5.74) is 2.26. The van der Waals surface area contributed by atoms with Crippen LogP contribution in [-0.2, 0) is 0 Å². The number of fused-ring (bicyclic) bond motifs is 4. The van der Waals surface area contributed by atoms with Crippen molar-refractivity contribution in [3.8, 4) is 11.5 Å². The van der Waals surface area contributed by atoms with Crippen molar-refractivity contribution in [1.82, 2.24) is 19.9 Å². The zero-order valence-corrected chi connectivity index (χ0v) is 16.1. The summed E-state index contributed by atoms with van der Waals surface area (Å²) in [6.45, 7) is 3.72. The van der Waals surface area contributed by atoms with Crippen molar-refractivity contribution in [2.24, 2.45) is 5.92 Å². The number of piperidine rings is 3. The fraction of sp³-hybridized carbons (Fsp3) is 0.455. The van der Waals surface area contributed by atoms with Crippen LogP contribution in [0.1, 0.15) is 24.3 Å². The molecular formula is C22H23N5O2. The molecular weight excluding hydrogens is 366 g/mol. The van der Waals surface area contributed by atoms with Gasteiger partial charge in [-0.15, -0.1) is 0 Å². The predicted octanol–water partition coefficient (Wildman–Crippen LogP) is 2.75. The molecule has 0 saturated carbocycles. The topological polar surface area (TPSA) is 66.5 Å². The van der Waals surface area contributed by atoms with Gasteiger partial charge in [0.05, 0.1) is 5.39 Å². The van der Waals surface area contributed by atoms with Gasteiger partial charge in [-0.05, 0) is 55.6 Å². The van der Waals surface area contributed by atoms with Gasteiger partial charge in [0.2, 0.25) is 6.79 Å². The zero-order chi connectivity index (χ0) is 18.9. The molecule has 29 heavy (non-hydrogen) atoms. The Kier molecular flexibility index (Phi) is 3.24. The highest BCUT2D eigenvalue weighted by Crippen LogP contribution is 2.49. The van der Waals surface area contributed by atoms with Gasteiger partial charge in [-0.25, -0.2) is 9.97 Å². The highest BCUT2D eigenvalue weighted by atomic mass is 16.7. The average Bonchev–Trinajstić information content (AvgIpc) is 3.51. The number of H-pyrrole nitrogens is 1. The van der Waals surface area contributed by atoms with E-state index in [4.69, 9.17) is 14.5 Å². The number of anilines is 1. The molecule has 2 aromatic heterocycles. The number of hydrogen-bond acceptors (Lipinski definition) is 6. The molecule has 148 valence electrons. The van der Waals surface area contributed by atoms with E-state index < -0.39 is 0 Å². The minimum absolute atomic E-state index is 0.322. The molecule has 4 fully saturated rings. The van der Waals surface area contributed by atoms with E-state index in [1.54, 1.807) is 6.33 Å². The minimum atomic E-state index is 0.322. The van der Waals surface area contributed by atoms with Gasteiger partial charge in [-0.3, -0.25) is 4.90 Å². The Hall–Kier alpha value is -2.80. The smallest absolute Gasteiger partial charge is 0.231 e. The van der Waals surface area contributed by atoms with Crippen molar-refractivity contribution in [3.63, 3.8) is 0 Å². The maximum absolute atomic E-state index is 5.68. The largest absolute Gasteiger partial charge is 0.454 e. The molecule has 5 aliphatic heterocycles. The molecule has 8 rings (SSSR count). The van der Waals surface area contributed by atoms with E-state index in [2.05, 4.69) is 44.0 Å². The van der Waals surface area contributed by atoms with Gasteiger partial charge in [0, 0.05) is 30.7 Å². The Labute approximate surface area is 168 Å². The second-order valence-electron chi connectivity index (χ2n) is 8.66. The summed E-state index contributed by atoms with van der Waals surface area (Å²) in [6, 6.07) is 9.62. The van der Waals surface area contributed by atoms with E-state index in [1.165, 1.54) is 31.5 Å². The molecule has 3 atom stereocenters. The molecule has 7 heteroatoms. The van der Waals surface area contributed by atoms with Gasteiger partial charge in [0.25, 0.3) is 0 Å². The van der Waals surface area contributed by atoms with E-state index in [9.17, 15) is 0 Å². The highest BCUT2D eigenvalue weighted by molar-refractivity contribution is 5.87. The Balaban J connectivity index is 1.35. The summed E-state index contributed by atoms with van der Waals surface area (Å²) >= 11 is 0. The first-order valence-electron chi connectivity index (χ1n) is 10.6. The van der Waals surface area contributed by atoms with Crippen LogP contribution >= 0.6 is 0 Å². The van der Waals surface area contributed by atoms with Gasteiger partial charge >= 0.3 is 0 Å². The first kappa shape index (κ1) is 16.0. The average molecular weight is 389 g/mol. The van der Waals surface area contributed by atoms with Crippen molar-refractivity contribution in [2.75, 3.05) is 31.3 Å². The number of ether oxygens (including phenoxy) is 2. The Morgan fingerprint density at radius 3 is 2.83 bits per heavy atom. The van der Waals surface area contributed by atoms with Crippen LogP contribution in [0.5, 0.6) is 11.5 Å². The zero-order valence-electron chi connectivity index (χ0n) is 16.1. The van der Waals surface area contributed by atoms with Crippen LogP contribution in [0.15, 0.2) is 36.8 Å². The molecule has 1 aromatic carbocycles. The van der Waals surface area contributed by atoms with Crippen molar-refractivity contribution >= 4 is 16.9 Å². The fourth-order valence-electron chi connectivity index (χ4n) is 6.19. The summed E-state index contributed by atoms with van der Waals surface area (Å²) in [5.74, 6) is 3.97. The van der Waals surface area contributed by atoms with Crippen LogP contribution in [-0.4, -0.2) is 58.4 Å². The van der Waals surface area contributed by atoms with E-state index in [0.29, 0.717) is 24.8 Å². The third-order valence-corrected chi connectivity index (χ3v) is 7.42. The molecule has 2 bridgehead atoms. The van der Waals surface area contributed by atoms with Crippen molar-refractivity contribution in [3.05, 3.63) is 42.4 Å². The number of aromatic nitrogens is 3. The lowest BCUT2D eigenvalue weighted by molar-refractivity contribution is 0.0355. The molecule has 0 aliphatic carbocycles. The van der Waals surface area contributed by atoms with E-state index in [0.717, 1.165) is 40.8 Å². The van der Waals surface area contributed by atoms with E-state index in [1.807, 2.05) is 6.20 Å². The molecule has 4 saturated heterocycles. The van der Waals surface area contributed by atoms with Gasteiger partial charge < -0.3 is 19.4 Å². The summed E-state index contributed by atoms with van der Waals surface area (Å²) in [7, 11) is 0. The number of benzene rings is 1. The first-order chi connectivity index (χ1) is 14.4. The Morgan fingerprint density at radius 1 is 1.00 bits per heavy atom. The number of hydrogen-bond donors (Lipinski definition) is 1. The van der Waals surface area contributed by atoms with Crippen molar-refractivity contribution in [1.29, 1.82) is 0 Å². The van der Waals surface area contributed by atoms with Gasteiger partial charge in [0.1, 0.15) is 17.8 Å². The molecule has 0 unspecified atom stereocenters. The van der Waals surface area contributed by atoms with E-state index in [-0.39, 0.29) is 0 Å². The molecule has 5 aliphatic rings. The second kappa shape index (κ2) is 5.86. The van der Waals surface area contributed by atoms with Crippen LogP contribution in [0.25, 0.3) is 11.0 Å². The maximum atomic E-state index is 5.68. The first-order valence-corrected chi connectivity index (χ1v) is 10.6. The van der Waals surface area contributed by atoms with Crippen LogP contribution < -0.4 is 14.4 Å². The lowest BCUT2D eigenvalue weighted by Crippen LogP contribution is -2.60. The van der Waals surface area contributed by atoms with Crippen LogP contribution in [0.2, 0.25) is 0 Å². The third-order valence-electron chi connectivity index (χ3n) is 7.42. The lowest BCUT2D eigenvalue weighted by atomic mass is 9.75. The Bertz CT molecular complexity index is 1090. The van der Waals surface area contributed by atoms with E-state index >= 15 is 0 Å². The van der Waals surface area contributed by atoms with Crippen molar-refractivity contribution in [2.45, 2.75) is 30.8 Å². The van der Waals surface area contributed by atoms with Crippen LogP contribution in [0, 0.1) is 5.92 Å². The van der Waals surface area contributed by atoms with Gasteiger partial charge in [-0.2, -0.15) is 0 Å². The Morgan fingerprint density at radius 2 is 1.90 bits per heavy atom. The molecule has 1 N–H and O–H groups in total. The molecule has 3 aromatic rings. The maximum Gasteiger partial charge on any atom is 0.231 e. The molecule has 0 radical (unpaired) electrons. The highest BCUT2D eigenvalue weighted by Gasteiger charge is 2.54. The predicted molar refractivity (Wildman–Crippen MR) is 108 cm³/mol.